The molecule has 12 heavy (non-hydrogen) atoms. The van der Waals surface area contributed by atoms with Gasteiger partial charge in [0.15, 0.2) is 0 Å². The van der Waals surface area contributed by atoms with E-state index in [2.05, 4.69) is 24.5 Å². The normalized spacial score (nSPS) is 48.5. The van der Waals surface area contributed by atoms with Crippen LogP contribution >= 0.6 is 0 Å². The summed E-state index contributed by atoms with van der Waals surface area (Å²) >= 11 is 0. The van der Waals surface area contributed by atoms with Crippen LogP contribution in [0.1, 0.15) is 26.7 Å². The summed E-state index contributed by atoms with van der Waals surface area (Å²) < 4.78 is 0. The first kappa shape index (κ1) is 8.52. The Bertz CT molecular complexity index is 163. The first-order chi connectivity index (χ1) is 5.71. The second-order valence-corrected chi connectivity index (χ2v) is 4.83. The van der Waals surface area contributed by atoms with Gasteiger partial charge >= 0.3 is 0 Å². The summed E-state index contributed by atoms with van der Waals surface area (Å²) in [5.41, 5.74) is 0.572. The largest absolute Gasteiger partial charge is 0.316 e. The molecule has 2 aliphatic rings. The molecule has 3 atom stereocenters. The molecule has 0 spiro atoms. The monoisotopic (exact) mass is 168 g/mol. The van der Waals surface area contributed by atoms with Gasteiger partial charge < -0.3 is 10.6 Å². The summed E-state index contributed by atoms with van der Waals surface area (Å²) in [6.45, 7) is 8.44. The molecule has 0 radical (unpaired) electrons. The fourth-order valence-electron chi connectivity index (χ4n) is 2.81. The van der Waals surface area contributed by atoms with E-state index in [1.165, 1.54) is 32.5 Å². The van der Waals surface area contributed by atoms with Gasteiger partial charge in [-0.05, 0) is 44.2 Å². The van der Waals surface area contributed by atoms with E-state index in [0.717, 1.165) is 12.0 Å². The Morgan fingerprint density at radius 1 is 1.42 bits per heavy atom. The van der Waals surface area contributed by atoms with Crippen molar-refractivity contribution in [3.63, 3.8) is 0 Å². The molecule has 0 aromatic carbocycles. The van der Waals surface area contributed by atoms with E-state index in [-0.39, 0.29) is 0 Å². The number of hydrogen-bond acceptors (Lipinski definition) is 2. The third-order valence-electron chi connectivity index (χ3n) is 3.67. The van der Waals surface area contributed by atoms with Crippen LogP contribution in [0.5, 0.6) is 0 Å². The first-order valence-corrected chi connectivity index (χ1v) is 5.15. The van der Waals surface area contributed by atoms with Gasteiger partial charge in [0.2, 0.25) is 0 Å². The zero-order chi connectivity index (χ0) is 8.60. The van der Waals surface area contributed by atoms with E-state index in [4.69, 9.17) is 0 Å². The summed E-state index contributed by atoms with van der Waals surface area (Å²) in [5.74, 6) is 0.912. The summed E-state index contributed by atoms with van der Waals surface area (Å²) in [6.07, 6.45) is 2.74. The highest BCUT2D eigenvalue weighted by atomic mass is 15.0. The van der Waals surface area contributed by atoms with Gasteiger partial charge in [-0.25, -0.2) is 0 Å². The second kappa shape index (κ2) is 3.00. The van der Waals surface area contributed by atoms with Crippen LogP contribution in [0.3, 0.4) is 0 Å². The van der Waals surface area contributed by atoms with Crippen molar-refractivity contribution < 1.29 is 0 Å². The molecule has 2 nitrogen and oxygen atoms in total. The fourth-order valence-corrected chi connectivity index (χ4v) is 2.81. The fraction of sp³-hybridized carbons (Fsp3) is 1.00. The van der Waals surface area contributed by atoms with E-state index >= 15 is 0 Å². The van der Waals surface area contributed by atoms with Crippen molar-refractivity contribution in [2.45, 2.75) is 32.7 Å². The molecule has 0 saturated carbocycles. The third kappa shape index (κ3) is 1.38. The van der Waals surface area contributed by atoms with Gasteiger partial charge in [-0.2, -0.15) is 0 Å². The van der Waals surface area contributed by atoms with Crippen molar-refractivity contribution in [2.24, 2.45) is 11.3 Å². The second-order valence-electron chi connectivity index (χ2n) is 4.83. The summed E-state index contributed by atoms with van der Waals surface area (Å²) in [7, 11) is 0. The molecule has 0 aromatic heterocycles. The van der Waals surface area contributed by atoms with Crippen molar-refractivity contribution in [1.82, 2.24) is 10.6 Å². The van der Waals surface area contributed by atoms with Gasteiger partial charge in [0.1, 0.15) is 0 Å². The molecule has 2 N–H and O–H groups in total. The molecule has 0 aromatic rings. The number of rotatable bonds is 1. The minimum Gasteiger partial charge on any atom is -0.316 e. The van der Waals surface area contributed by atoms with Gasteiger partial charge in [-0.1, -0.05) is 6.92 Å². The van der Waals surface area contributed by atoms with Crippen LogP contribution in [0.2, 0.25) is 0 Å². The predicted octanol–water partition coefficient (Wildman–Crippen LogP) is 0.984. The Balaban J connectivity index is 2.00. The van der Waals surface area contributed by atoms with E-state index < -0.39 is 0 Å². The van der Waals surface area contributed by atoms with Gasteiger partial charge in [0.05, 0.1) is 0 Å². The van der Waals surface area contributed by atoms with Crippen LogP contribution in [0, 0.1) is 11.3 Å². The lowest BCUT2D eigenvalue weighted by molar-refractivity contribution is 0.226. The third-order valence-corrected chi connectivity index (χ3v) is 3.67. The summed E-state index contributed by atoms with van der Waals surface area (Å²) in [5, 5.41) is 7.02. The SMILES string of the molecule is CC1CC(C)(C2CCNC2)CN1. The molecule has 3 unspecified atom stereocenters. The Kier molecular flexibility index (Phi) is 2.13. The molecule has 2 rings (SSSR count). The average molecular weight is 168 g/mol. The zero-order valence-electron chi connectivity index (χ0n) is 8.19. The maximum absolute atomic E-state index is 3.56. The minimum atomic E-state index is 0.572. The lowest BCUT2D eigenvalue weighted by Crippen LogP contribution is -2.31. The lowest BCUT2D eigenvalue weighted by atomic mass is 9.75. The molecule has 70 valence electrons. The Labute approximate surface area is 75.1 Å². The smallest absolute Gasteiger partial charge is 0.00447 e. The molecule has 0 aliphatic carbocycles. The van der Waals surface area contributed by atoms with Crippen LogP contribution in [0.15, 0.2) is 0 Å². The zero-order valence-corrected chi connectivity index (χ0v) is 8.19. The van der Waals surface area contributed by atoms with E-state index in [1.807, 2.05) is 0 Å². The lowest BCUT2D eigenvalue weighted by Gasteiger charge is -2.29. The van der Waals surface area contributed by atoms with Crippen LogP contribution < -0.4 is 10.6 Å². The standard InChI is InChI=1S/C10H20N2/c1-8-5-10(2,7-12-8)9-3-4-11-6-9/h8-9,11-12H,3-7H2,1-2H3. The van der Waals surface area contributed by atoms with Crippen molar-refractivity contribution in [3.8, 4) is 0 Å². The Morgan fingerprint density at radius 2 is 2.25 bits per heavy atom. The molecular formula is C10H20N2. The molecule has 2 heterocycles. The molecular weight excluding hydrogens is 148 g/mol. The first-order valence-electron chi connectivity index (χ1n) is 5.15. The highest BCUT2D eigenvalue weighted by Crippen LogP contribution is 2.38. The molecule has 0 bridgehead atoms. The van der Waals surface area contributed by atoms with Gasteiger partial charge in [-0.15, -0.1) is 0 Å². The van der Waals surface area contributed by atoms with Gasteiger partial charge in [-0.3, -0.25) is 0 Å². The van der Waals surface area contributed by atoms with Crippen LogP contribution in [0.4, 0.5) is 0 Å². The molecule has 0 amide bonds. The Hall–Kier alpha value is -0.0800. The highest BCUT2D eigenvalue weighted by molar-refractivity contribution is 4.96. The van der Waals surface area contributed by atoms with Crippen molar-refractivity contribution in [3.05, 3.63) is 0 Å². The number of hydrogen-bond donors (Lipinski definition) is 2. The maximum Gasteiger partial charge on any atom is 0.00447 e. The van der Waals surface area contributed by atoms with E-state index in [1.54, 1.807) is 0 Å². The van der Waals surface area contributed by atoms with Crippen LogP contribution in [-0.2, 0) is 0 Å². The maximum atomic E-state index is 3.56. The molecule has 2 heteroatoms. The highest BCUT2D eigenvalue weighted by Gasteiger charge is 2.40. The van der Waals surface area contributed by atoms with Crippen LogP contribution in [-0.4, -0.2) is 25.7 Å². The quantitative estimate of drug-likeness (QED) is 0.610. The van der Waals surface area contributed by atoms with E-state index in [0.29, 0.717) is 5.41 Å². The van der Waals surface area contributed by atoms with E-state index in [9.17, 15) is 0 Å². The molecule has 2 aliphatic heterocycles. The number of nitrogens with one attached hydrogen (secondary N) is 2. The average Bonchev–Trinajstić information content (AvgIpc) is 2.59. The topological polar surface area (TPSA) is 24.1 Å². The van der Waals surface area contributed by atoms with Gasteiger partial charge in [0, 0.05) is 12.6 Å². The van der Waals surface area contributed by atoms with Crippen LogP contribution in [0.25, 0.3) is 0 Å². The van der Waals surface area contributed by atoms with Crippen molar-refractivity contribution in [1.29, 1.82) is 0 Å². The Morgan fingerprint density at radius 3 is 2.75 bits per heavy atom. The summed E-state index contributed by atoms with van der Waals surface area (Å²) in [6, 6.07) is 0.732. The minimum absolute atomic E-state index is 0.572. The predicted molar refractivity (Wildman–Crippen MR) is 51.2 cm³/mol. The molecule has 2 fully saturated rings. The van der Waals surface area contributed by atoms with Gasteiger partial charge in [0.25, 0.3) is 0 Å². The molecule has 2 saturated heterocycles. The van der Waals surface area contributed by atoms with Crippen molar-refractivity contribution in [2.75, 3.05) is 19.6 Å². The summed E-state index contributed by atoms with van der Waals surface area (Å²) in [4.78, 5) is 0. The van der Waals surface area contributed by atoms with Crippen molar-refractivity contribution >= 4 is 0 Å².